The average molecular weight is 382 g/mol. The molecule has 0 fully saturated rings. The number of para-hydroxylation sites is 2. The Balaban J connectivity index is 2.26. The van der Waals surface area contributed by atoms with Gasteiger partial charge in [-0.3, -0.25) is 9.59 Å². The van der Waals surface area contributed by atoms with Gasteiger partial charge in [0.25, 0.3) is 0 Å². The van der Waals surface area contributed by atoms with Gasteiger partial charge in [0.2, 0.25) is 11.8 Å². The second-order valence-corrected chi connectivity index (χ2v) is 6.36. The predicted molar refractivity (Wildman–Crippen MR) is 110 cm³/mol. The minimum absolute atomic E-state index is 0.148. The van der Waals surface area contributed by atoms with Crippen LogP contribution in [-0.2, 0) is 20.7 Å². The molecular weight excluding hydrogens is 356 g/mol. The maximum absolute atomic E-state index is 12.7. The molecule has 0 bridgehead atoms. The zero-order valence-corrected chi connectivity index (χ0v) is 16.7. The number of hydrogen-bond acceptors (Lipinski definition) is 4. The van der Waals surface area contributed by atoms with E-state index in [2.05, 4.69) is 5.32 Å². The quantitative estimate of drug-likeness (QED) is 0.741. The maximum atomic E-state index is 12.7. The highest BCUT2D eigenvalue weighted by molar-refractivity contribution is 6.05. The first kappa shape index (κ1) is 21.2. The zero-order chi connectivity index (χ0) is 20.7. The van der Waals surface area contributed by atoms with E-state index in [1.165, 1.54) is 11.8 Å². The van der Waals surface area contributed by atoms with Crippen LogP contribution in [0.3, 0.4) is 0 Å². The molecule has 2 rings (SSSR count). The highest BCUT2D eigenvalue weighted by atomic mass is 16.5. The van der Waals surface area contributed by atoms with Crippen molar-refractivity contribution in [2.75, 3.05) is 23.4 Å². The fourth-order valence-electron chi connectivity index (χ4n) is 3.05. The van der Waals surface area contributed by atoms with Crippen molar-refractivity contribution >= 4 is 29.2 Å². The molecule has 0 atom stereocenters. The van der Waals surface area contributed by atoms with Crippen molar-refractivity contribution in [3.63, 3.8) is 0 Å². The van der Waals surface area contributed by atoms with E-state index in [4.69, 9.17) is 4.74 Å². The van der Waals surface area contributed by atoms with E-state index in [1.807, 2.05) is 32.0 Å². The normalized spacial score (nSPS) is 10.3. The molecule has 0 radical (unpaired) electrons. The van der Waals surface area contributed by atoms with Crippen molar-refractivity contribution in [1.29, 1.82) is 0 Å². The van der Waals surface area contributed by atoms with Crippen molar-refractivity contribution in [3.05, 3.63) is 59.2 Å². The summed E-state index contributed by atoms with van der Waals surface area (Å²) in [6, 6.07) is 12.4. The Morgan fingerprint density at radius 2 is 1.75 bits per heavy atom. The number of anilines is 2. The predicted octanol–water partition coefficient (Wildman–Crippen LogP) is 3.73. The van der Waals surface area contributed by atoms with Gasteiger partial charge >= 0.3 is 5.97 Å². The molecule has 0 aliphatic heterocycles. The Morgan fingerprint density at radius 3 is 2.39 bits per heavy atom. The zero-order valence-electron chi connectivity index (χ0n) is 16.7. The van der Waals surface area contributed by atoms with Crippen molar-refractivity contribution in [2.45, 2.75) is 34.1 Å². The fraction of sp³-hybridized carbons (Fsp3) is 0.318. The Labute approximate surface area is 165 Å². The van der Waals surface area contributed by atoms with Crippen LogP contribution in [0.15, 0.2) is 42.5 Å². The van der Waals surface area contributed by atoms with Crippen LogP contribution < -0.4 is 10.2 Å². The lowest BCUT2D eigenvalue weighted by Gasteiger charge is -2.25. The third-order valence-electron chi connectivity index (χ3n) is 4.35. The Kier molecular flexibility index (Phi) is 7.32. The van der Waals surface area contributed by atoms with Crippen molar-refractivity contribution in [2.24, 2.45) is 0 Å². The topological polar surface area (TPSA) is 75.7 Å². The minimum Gasteiger partial charge on any atom is -0.462 e. The molecule has 0 saturated carbocycles. The number of nitrogens with zero attached hydrogens (tertiary/aromatic N) is 1. The second kappa shape index (κ2) is 9.69. The summed E-state index contributed by atoms with van der Waals surface area (Å²) in [5, 5.41) is 2.73. The van der Waals surface area contributed by atoms with E-state index in [9.17, 15) is 14.4 Å². The van der Waals surface area contributed by atoms with Crippen molar-refractivity contribution in [1.82, 2.24) is 0 Å². The summed E-state index contributed by atoms with van der Waals surface area (Å²) in [6.07, 6.45) is 0.744. The van der Waals surface area contributed by atoms with Gasteiger partial charge in [-0.15, -0.1) is 0 Å². The Bertz CT molecular complexity index is 877. The molecule has 0 aliphatic rings. The molecule has 0 spiro atoms. The highest BCUT2D eigenvalue weighted by Gasteiger charge is 2.21. The molecule has 0 heterocycles. The number of amides is 2. The lowest BCUT2D eigenvalue weighted by Crippen LogP contribution is -2.38. The first-order valence-electron chi connectivity index (χ1n) is 9.31. The van der Waals surface area contributed by atoms with E-state index in [1.54, 1.807) is 31.2 Å². The molecule has 6 heteroatoms. The smallest absolute Gasteiger partial charge is 0.340 e. The number of ether oxygens (including phenoxy) is 1. The van der Waals surface area contributed by atoms with Crippen LogP contribution in [0.1, 0.15) is 42.3 Å². The first-order valence-corrected chi connectivity index (χ1v) is 9.31. The number of benzene rings is 2. The molecule has 1 N–H and O–H groups in total. The molecule has 2 aromatic carbocycles. The largest absolute Gasteiger partial charge is 0.462 e. The van der Waals surface area contributed by atoms with Gasteiger partial charge in [0.05, 0.1) is 23.5 Å². The first-order chi connectivity index (χ1) is 13.4. The monoisotopic (exact) mass is 382 g/mol. The van der Waals surface area contributed by atoms with E-state index < -0.39 is 11.9 Å². The number of hydrogen-bond donors (Lipinski definition) is 1. The van der Waals surface area contributed by atoms with Gasteiger partial charge in [-0.2, -0.15) is 0 Å². The summed E-state index contributed by atoms with van der Waals surface area (Å²) >= 11 is 0. The lowest BCUT2D eigenvalue weighted by atomic mass is 10.0. The molecule has 148 valence electrons. The maximum Gasteiger partial charge on any atom is 0.340 e. The molecule has 2 aromatic rings. The van der Waals surface area contributed by atoms with E-state index in [-0.39, 0.29) is 24.6 Å². The van der Waals surface area contributed by atoms with Gasteiger partial charge in [-0.25, -0.2) is 4.79 Å². The van der Waals surface area contributed by atoms with Crippen LogP contribution in [0.2, 0.25) is 0 Å². The third kappa shape index (κ3) is 4.97. The van der Waals surface area contributed by atoms with Crippen LogP contribution in [0.25, 0.3) is 0 Å². The van der Waals surface area contributed by atoms with Crippen LogP contribution >= 0.6 is 0 Å². The summed E-state index contributed by atoms with van der Waals surface area (Å²) in [6.45, 7) is 7.17. The van der Waals surface area contributed by atoms with Gasteiger partial charge in [-0.05, 0) is 43.5 Å². The van der Waals surface area contributed by atoms with Gasteiger partial charge in [-0.1, -0.05) is 37.3 Å². The number of aryl methyl sites for hydroxylation is 2. The minimum atomic E-state index is -0.506. The highest BCUT2D eigenvalue weighted by Crippen LogP contribution is 2.26. The molecule has 28 heavy (non-hydrogen) atoms. The standard InChI is InChI=1S/C22H26N2O4/c1-5-17-11-9-10-15(3)21(17)24(16(4)25)14-20(26)23-19-13-8-7-12-18(19)22(27)28-6-2/h7-13H,5-6,14H2,1-4H3,(H,23,26). The van der Waals surface area contributed by atoms with E-state index in [0.29, 0.717) is 5.69 Å². The van der Waals surface area contributed by atoms with Crippen LogP contribution in [0.5, 0.6) is 0 Å². The Hall–Kier alpha value is -3.15. The molecule has 0 unspecified atom stereocenters. The lowest BCUT2D eigenvalue weighted by molar-refractivity contribution is -0.120. The third-order valence-corrected chi connectivity index (χ3v) is 4.35. The molecule has 0 saturated heterocycles. The van der Waals surface area contributed by atoms with Gasteiger partial charge in [0.1, 0.15) is 6.54 Å². The van der Waals surface area contributed by atoms with Crippen LogP contribution in [0, 0.1) is 6.92 Å². The Morgan fingerprint density at radius 1 is 1.04 bits per heavy atom. The van der Waals surface area contributed by atoms with E-state index >= 15 is 0 Å². The fourth-order valence-corrected chi connectivity index (χ4v) is 3.05. The molecule has 2 amide bonds. The summed E-state index contributed by atoms with van der Waals surface area (Å²) in [4.78, 5) is 38.5. The van der Waals surface area contributed by atoms with E-state index in [0.717, 1.165) is 23.2 Å². The molecular formula is C22H26N2O4. The molecule has 0 aromatic heterocycles. The summed E-state index contributed by atoms with van der Waals surface area (Å²) in [5.74, 6) is -1.12. The number of nitrogens with one attached hydrogen (secondary N) is 1. The number of carbonyl (C=O) groups excluding carboxylic acids is 3. The summed E-state index contributed by atoms with van der Waals surface area (Å²) in [7, 11) is 0. The second-order valence-electron chi connectivity index (χ2n) is 6.36. The summed E-state index contributed by atoms with van der Waals surface area (Å²) < 4.78 is 5.03. The summed E-state index contributed by atoms with van der Waals surface area (Å²) in [5.41, 5.74) is 3.31. The van der Waals surface area contributed by atoms with Gasteiger partial charge in [0, 0.05) is 6.92 Å². The number of esters is 1. The molecule has 0 aliphatic carbocycles. The SMILES string of the molecule is CCOC(=O)c1ccccc1NC(=O)CN(C(C)=O)c1c(C)cccc1CC. The molecule has 6 nitrogen and oxygen atoms in total. The number of carbonyl (C=O) groups is 3. The van der Waals surface area contributed by atoms with Crippen molar-refractivity contribution < 1.29 is 19.1 Å². The average Bonchev–Trinajstić information content (AvgIpc) is 2.66. The number of rotatable bonds is 7. The van der Waals surface area contributed by atoms with Crippen LogP contribution in [0.4, 0.5) is 11.4 Å². The van der Waals surface area contributed by atoms with Crippen LogP contribution in [-0.4, -0.2) is 30.9 Å². The van der Waals surface area contributed by atoms with Gasteiger partial charge in [0.15, 0.2) is 0 Å². The van der Waals surface area contributed by atoms with Crippen molar-refractivity contribution in [3.8, 4) is 0 Å². The van der Waals surface area contributed by atoms with Gasteiger partial charge < -0.3 is 15.0 Å².